The standard InChI is InChI=1S/C29H34FN5O4S/c30-19-17-24-26(31-18-19)34(22-9-15-40-16-10-22)29(38)35(28(24)37)21-7-5-20(6-8-21)32-27(36)23-3-1-2-4-25(23)33-11-13-39-14-12-33/h1-4,17-18,20-22H,5-16H2,(H,32,36). The normalized spacial score (nSPS) is 22.4. The van der Waals surface area contributed by atoms with Gasteiger partial charge in [0.15, 0.2) is 0 Å². The van der Waals surface area contributed by atoms with Crippen molar-refractivity contribution >= 4 is 34.4 Å². The number of hydrogen-bond donors (Lipinski definition) is 1. The maximum Gasteiger partial charge on any atom is 0.333 e. The number of thioether (sulfide) groups is 1. The lowest BCUT2D eigenvalue weighted by atomic mass is 9.90. The number of carbonyl (C=O) groups is 1. The molecular formula is C29H34FN5O4S. The first-order chi connectivity index (χ1) is 19.5. The molecule has 3 fully saturated rings. The fourth-order valence-electron chi connectivity index (χ4n) is 6.29. The molecule has 9 nitrogen and oxygen atoms in total. The number of morpholine rings is 1. The molecule has 2 aliphatic heterocycles. The minimum Gasteiger partial charge on any atom is -0.378 e. The third-order valence-electron chi connectivity index (χ3n) is 8.38. The van der Waals surface area contributed by atoms with Crippen molar-refractivity contribution in [1.29, 1.82) is 0 Å². The molecule has 6 rings (SSSR count). The van der Waals surface area contributed by atoms with Gasteiger partial charge >= 0.3 is 5.69 Å². The molecule has 0 spiro atoms. The summed E-state index contributed by atoms with van der Waals surface area (Å²) >= 11 is 1.85. The number of aromatic nitrogens is 3. The van der Waals surface area contributed by atoms with Gasteiger partial charge in [0.05, 0.1) is 30.4 Å². The molecule has 1 amide bonds. The Kier molecular flexibility index (Phi) is 7.93. The van der Waals surface area contributed by atoms with Crippen LogP contribution in [0.1, 0.15) is 61.0 Å². The van der Waals surface area contributed by atoms with Crippen LogP contribution in [0.4, 0.5) is 10.1 Å². The molecule has 2 saturated heterocycles. The maximum atomic E-state index is 14.2. The molecule has 4 heterocycles. The molecule has 40 heavy (non-hydrogen) atoms. The van der Waals surface area contributed by atoms with Crippen molar-refractivity contribution in [2.24, 2.45) is 0 Å². The summed E-state index contributed by atoms with van der Waals surface area (Å²) < 4.78 is 22.6. The number of amides is 1. The Bertz CT molecular complexity index is 1500. The van der Waals surface area contributed by atoms with Gasteiger partial charge in [0, 0.05) is 36.9 Å². The van der Waals surface area contributed by atoms with Crippen LogP contribution in [0.25, 0.3) is 11.0 Å². The Balaban J connectivity index is 1.22. The van der Waals surface area contributed by atoms with Gasteiger partial charge in [-0.1, -0.05) is 12.1 Å². The highest BCUT2D eigenvalue weighted by atomic mass is 32.2. The first-order valence-corrected chi connectivity index (χ1v) is 15.3. The largest absolute Gasteiger partial charge is 0.378 e. The summed E-state index contributed by atoms with van der Waals surface area (Å²) in [5.74, 6) is 1.15. The predicted molar refractivity (Wildman–Crippen MR) is 154 cm³/mol. The second-order valence-electron chi connectivity index (χ2n) is 10.8. The van der Waals surface area contributed by atoms with Crippen molar-refractivity contribution in [2.45, 2.75) is 56.7 Å². The van der Waals surface area contributed by atoms with Gasteiger partial charge in [0.2, 0.25) is 0 Å². The second-order valence-corrected chi connectivity index (χ2v) is 12.0. The van der Waals surface area contributed by atoms with Crippen LogP contribution in [-0.4, -0.2) is 63.9 Å². The summed E-state index contributed by atoms with van der Waals surface area (Å²) in [7, 11) is 0. The summed E-state index contributed by atoms with van der Waals surface area (Å²) in [4.78, 5) is 47.0. The van der Waals surface area contributed by atoms with Crippen LogP contribution in [0.2, 0.25) is 0 Å². The number of carbonyl (C=O) groups excluding carboxylic acids is 1. The Morgan fingerprint density at radius 3 is 2.42 bits per heavy atom. The van der Waals surface area contributed by atoms with E-state index in [1.165, 1.54) is 10.6 Å². The molecule has 11 heteroatoms. The second kappa shape index (κ2) is 11.7. The van der Waals surface area contributed by atoms with Crippen molar-refractivity contribution in [3.63, 3.8) is 0 Å². The van der Waals surface area contributed by atoms with Gasteiger partial charge in [-0.05, 0) is 68.2 Å². The van der Waals surface area contributed by atoms with Crippen LogP contribution in [0.15, 0.2) is 46.1 Å². The lowest BCUT2D eigenvalue weighted by molar-refractivity contribution is 0.0920. The van der Waals surface area contributed by atoms with Crippen molar-refractivity contribution in [3.05, 3.63) is 68.7 Å². The van der Waals surface area contributed by atoms with Gasteiger partial charge < -0.3 is 15.0 Å². The van der Waals surface area contributed by atoms with Gasteiger partial charge in [-0.15, -0.1) is 0 Å². The first-order valence-electron chi connectivity index (χ1n) is 14.1. The molecule has 1 saturated carbocycles. The van der Waals surface area contributed by atoms with Crippen LogP contribution in [0, 0.1) is 5.82 Å². The average molecular weight is 568 g/mol. The highest BCUT2D eigenvalue weighted by Crippen LogP contribution is 2.31. The lowest BCUT2D eigenvalue weighted by Gasteiger charge is -2.32. The van der Waals surface area contributed by atoms with Crippen molar-refractivity contribution in [2.75, 3.05) is 42.7 Å². The van der Waals surface area contributed by atoms with Gasteiger partial charge in [-0.25, -0.2) is 14.2 Å². The Morgan fingerprint density at radius 1 is 0.975 bits per heavy atom. The van der Waals surface area contributed by atoms with E-state index >= 15 is 0 Å². The molecule has 1 N–H and O–H groups in total. The maximum absolute atomic E-state index is 14.2. The van der Waals surface area contributed by atoms with Crippen molar-refractivity contribution in [3.8, 4) is 0 Å². The Labute approximate surface area is 235 Å². The number of ether oxygens (including phenoxy) is 1. The van der Waals surface area contributed by atoms with Crippen LogP contribution in [-0.2, 0) is 4.74 Å². The van der Waals surface area contributed by atoms with Crippen LogP contribution in [0.5, 0.6) is 0 Å². The molecule has 3 aromatic rings. The molecule has 212 valence electrons. The van der Waals surface area contributed by atoms with Crippen molar-refractivity contribution in [1.82, 2.24) is 19.4 Å². The van der Waals surface area contributed by atoms with E-state index < -0.39 is 11.4 Å². The van der Waals surface area contributed by atoms with Gasteiger partial charge in [-0.2, -0.15) is 11.8 Å². The van der Waals surface area contributed by atoms with Crippen molar-refractivity contribution < 1.29 is 13.9 Å². The Morgan fingerprint density at radius 2 is 1.68 bits per heavy atom. The molecule has 0 atom stereocenters. The molecule has 0 radical (unpaired) electrons. The number of nitrogens with one attached hydrogen (secondary N) is 1. The van der Waals surface area contributed by atoms with Gasteiger partial charge in [0.25, 0.3) is 11.5 Å². The zero-order valence-electron chi connectivity index (χ0n) is 22.4. The van der Waals surface area contributed by atoms with E-state index in [9.17, 15) is 18.8 Å². The summed E-state index contributed by atoms with van der Waals surface area (Å²) in [5, 5.41) is 3.33. The van der Waals surface area contributed by atoms with Gasteiger partial charge in [-0.3, -0.25) is 18.7 Å². The topological polar surface area (TPSA) is 98.5 Å². The van der Waals surface area contributed by atoms with Crippen LogP contribution in [0.3, 0.4) is 0 Å². The minimum absolute atomic E-state index is 0.0608. The smallest absolute Gasteiger partial charge is 0.333 e. The minimum atomic E-state index is -0.593. The molecule has 3 aliphatic rings. The number of halogens is 1. The quantitative estimate of drug-likeness (QED) is 0.504. The third-order valence-corrected chi connectivity index (χ3v) is 9.43. The SMILES string of the molecule is O=C(NC1CCC(n2c(=O)c3cc(F)cnc3n(C3CCSCC3)c2=O)CC1)c1ccccc1N1CCOCC1. The fraction of sp³-hybridized carbons (Fsp3) is 0.517. The predicted octanol–water partition coefficient (Wildman–Crippen LogP) is 3.52. The summed E-state index contributed by atoms with van der Waals surface area (Å²) in [5.41, 5.74) is 0.966. The molecule has 1 aromatic carbocycles. The fourth-order valence-corrected chi connectivity index (χ4v) is 7.37. The number of fused-ring (bicyclic) bond motifs is 1. The number of rotatable bonds is 5. The summed E-state index contributed by atoms with van der Waals surface area (Å²) in [6.07, 6.45) is 5.11. The van der Waals surface area contributed by atoms with E-state index in [2.05, 4.69) is 15.2 Å². The molecule has 0 unspecified atom stereocenters. The zero-order chi connectivity index (χ0) is 27.6. The zero-order valence-corrected chi connectivity index (χ0v) is 23.2. The summed E-state index contributed by atoms with van der Waals surface area (Å²) in [6.45, 7) is 2.76. The monoisotopic (exact) mass is 567 g/mol. The number of pyridine rings is 1. The number of para-hydroxylation sites is 1. The van der Waals surface area contributed by atoms with E-state index in [0.29, 0.717) is 44.5 Å². The third kappa shape index (κ3) is 5.28. The van der Waals surface area contributed by atoms with Gasteiger partial charge in [0.1, 0.15) is 11.5 Å². The molecule has 0 bridgehead atoms. The van der Waals surface area contributed by atoms with Crippen LogP contribution < -0.4 is 21.5 Å². The molecule has 2 aromatic heterocycles. The van der Waals surface area contributed by atoms with E-state index in [-0.39, 0.29) is 40.8 Å². The van der Waals surface area contributed by atoms with E-state index in [1.54, 1.807) is 4.57 Å². The number of anilines is 1. The number of nitrogens with zero attached hydrogens (tertiary/aromatic N) is 4. The van der Waals surface area contributed by atoms with E-state index in [0.717, 1.165) is 49.3 Å². The van der Waals surface area contributed by atoms with E-state index in [1.807, 2.05) is 36.0 Å². The van der Waals surface area contributed by atoms with Crippen LogP contribution >= 0.6 is 11.8 Å². The highest BCUT2D eigenvalue weighted by Gasteiger charge is 2.30. The van der Waals surface area contributed by atoms with E-state index in [4.69, 9.17) is 4.74 Å². The number of benzene rings is 1. The first kappa shape index (κ1) is 27.0. The molecular weight excluding hydrogens is 533 g/mol. The lowest BCUT2D eigenvalue weighted by Crippen LogP contribution is -2.46. The Hall–Kier alpha value is -3.18. The highest BCUT2D eigenvalue weighted by molar-refractivity contribution is 7.99. The summed E-state index contributed by atoms with van der Waals surface area (Å²) in [6, 6.07) is 8.39. The molecule has 1 aliphatic carbocycles. The average Bonchev–Trinajstić information content (AvgIpc) is 2.99. The number of hydrogen-bond acceptors (Lipinski definition) is 7.